The minimum Gasteiger partial charge on any atom is -0.392 e. The third kappa shape index (κ3) is 3.77. The lowest BCUT2D eigenvalue weighted by molar-refractivity contribution is 0.187. The second kappa shape index (κ2) is 5.10. The lowest BCUT2D eigenvalue weighted by Crippen LogP contribution is -2.26. The summed E-state index contributed by atoms with van der Waals surface area (Å²) in [4.78, 5) is 1.28. The quantitative estimate of drug-likeness (QED) is 0.876. The van der Waals surface area contributed by atoms with Crippen LogP contribution in [0.4, 0.5) is 0 Å². The van der Waals surface area contributed by atoms with Gasteiger partial charge in [-0.3, -0.25) is 0 Å². The topological polar surface area (TPSA) is 32.3 Å². The van der Waals surface area contributed by atoms with Crippen molar-refractivity contribution in [1.29, 1.82) is 0 Å². The summed E-state index contributed by atoms with van der Waals surface area (Å²) < 4.78 is 1.12. The van der Waals surface area contributed by atoms with Crippen LogP contribution in [0.2, 0.25) is 0 Å². The fourth-order valence-electron chi connectivity index (χ4n) is 1.00. The summed E-state index contributed by atoms with van der Waals surface area (Å²) in [6.45, 7) is 4.52. The van der Waals surface area contributed by atoms with E-state index in [4.69, 9.17) is 5.11 Å². The zero-order chi connectivity index (χ0) is 9.84. The van der Waals surface area contributed by atoms with Gasteiger partial charge < -0.3 is 10.4 Å². The third-order valence-electron chi connectivity index (χ3n) is 1.73. The Morgan fingerprint density at radius 1 is 1.62 bits per heavy atom. The van der Waals surface area contributed by atoms with E-state index in [9.17, 15) is 0 Å². The smallest absolute Gasteiger partial charge is 0.0636 e. The molecule has 0 amide bonds. The van der Waals surface area contributed by atoms with Crippen LogP contribution < -0.4 is 5.32 Å². The lowest BCUT2D eigenvalue weighted by Gasteiger charge is -2.13. The zero-order valence-electron chi connectivity index (χ0n) is 7.75. The zero-order valence-corrected chi connectivity index (χ0v) is 10.2. The number of hydrogen-bond donors (Lipinski definition) is 2. The van der Waals surface area contributed by atoms with Gasteiger partial charge in [-0.15, -0.1) is 11.3 Å². The normalized spacial score (nSPS) is 15.7. The average molecular weight is 264 g/mol. The molecular formula is C9H14BrNOS. The van der Waals surface area contributed by atoms with E-state index in [-0.39, 0.29) is 6.10 Å². The fourth-order valence-corrected chi connectivity index (χ4v) is 2.48. The average Bonchev–Trinajstić information content (AvgIpc) is 2.47. The molecule has 1 heterocycles. The Hall–Kier alpha value is 0.1000. The fraction of sp³-hybridized carbons (Fsp3) is 0.556. The molecule has 1 rings (SSSR count). The van der Waals surface area contributed by atoms with Crippen LogP contribution in [-0.2, 0) is 0 Å². The van der Waals surface area contributed by atoms with Crippen LogP contribution in [0, 0.1) is 0 Å². The first-order chi connectivity index (χ1) is 6.09. The van der Waals surface area contributed by atoms with Crippen LogP contribution in [0.5, 0.6) is 0 Å². The highest BCUT2D eigenvalue weighted by Crippen LogP contribution is 2.25. The molecule has 0 bridgehead atoms. The van der Waals surface area contributed by atoms with E-state index in [0.29, 0.717) is 12.6 Å². The molecule has 2 N–H and O–H groups in total. The van der Waals surface area contributed by atoms with Gasteiger partial charge in [0.15, 0.2) is 0 Å². The molecule has 0 aliphatic heterocycles. The van der Waals surface area contributed by atoms with Gasteiger partial charge in [-0.1, -0.05) is 0 Å². The maximum atomic E-state index is 9.09. The number of thiophene rings is 1. The third-order valence-corrected chi connectivity index (χ3v) is 3.61. The maximum Gasteiger partial charge on any atom is 0.0636 e. The lowest BCUT2D eigenvalue weighted by atomic mass is 10.2. The van der Waals surface area contributed by atoms with Crippen LogP contribution in [0.1, 0.15) is 24.8 Å². The van der Waals surface area contributed by atoms with Crippen LogP contribution in [0.15, 0.2) is 15.9 Å². The summed E-state index contributed by atoms with van der Waals surface area (Å²) in [5.74, 6) is 0. The Morgan fingerprint density at radius 2 is 2.31 bits per heavy atom. The molecule has 0 radical (unpaired) electrons. The van der Waals surface area contributed by atoms with Gasteiger partial charge in [0.25, 0.3) is 0 Å². The first-order valence-corrected chi connectivity index (χ1v) is 5.92. The number of nitrogens with one attached hydrogen (secondary N) is 1. The highest BCUT2D eigenvalue weighted by molar-refractivity contribution is 9.10. The van der Waals surface area contributed by atoms with E-state index in [1.54, 1.807) is 18.3 Å². The number of hydrogen-bond acceptors (Lipinski definition) is 3. The second-order valence-corrected chi connectivity index (χ2v) is 5.00. The van der Waals surface area contributed by atoms with E-state index >= 15 is 0 Å². The molecule has 2 unspecified atom stereocenters. The van der Waals surface area contributed by atoms with Crippen molar-refractivity contribution >= 4 is 27.3 Å². The highest BCUT2D eigenvalue weighted by Gasteiger charge is 2.07. The van der Waals surface area contributed by atoms with Gasteiger partial charge in [0.05, 0.1) is 6.10 Å². The summed E-state index contributed by atoms with van der Waals surface area (Å²) in [6, 6.07) is 2.41. The van der Waals surface area contributed by atoms with Gasteiger partial charge in [-0.25, -0.2) is 0 Å². The summed E-state index contributed by atoms with van der Waals surface area (Å²) in [5.41, 5.74) is 0. The number of halogens is 1. The number of rotatable bonds is 4. The molecule has 0 saturated heterocycles. The molecule has 0 fully saturated rings. The van der Waals surface area contributed by atoms with E-state index in [2.05, 4.69) is 39.6 Å². The molecule has 0 aliphatic carbocycles. The van der Waals surface area contributed by atoms with Gasteiger partial charge in [0.1, 0.15) is 0 Å². The van der Waals surface area contributed by atoms with Crippen molar-refractivity contribution in [2.24, 2.45) is 0 Å². The van der Waals surface area contributed by atoms with Crippen molar-refractivity contribution < 1.29 is 5.11 Å². The van der Waals surface area contributed by atoms with Crippen molar-refractivity contribution in [3.05, 3.63) is 20.8 Å². The van der Waals surface area contributed by atoms with Gasteiger partial charge >= 0.3 is 0 Å². The van der Waals surface area contributed by atoms with E-state index in [1.807, 2.05) is 0 Å². The summed E-state index contributed by atoms with van der Waals surface area (Å²) >= 11 is 5.13. The molecule has 0 aromatic carbocycles. The predicted molar refractivity (Wildman–Crippen MR) is 60.1 cm³/mol. The molecule has 2 atom stereocenters. The molecule has 0 aliphatic rings. The molecular weight excluding hydrogens is 250 g/mol. The van der Waals surface area contributed by atoms with Crippen LogP contribution in [-0.4, -0.2) is 17.8 Å². The van der Waals surface area contributed by atoms with Crippen molar-refractivity contribution in [3.63, 3.8) is 0 Å². The highest BCUT2D eigenvalue weighted by atomic mass is 79.9. The van der Waals surface area contributed by atoms with Gasteiger partial charge in [-0.05, 0) is 35.8 Å². The van der Waals surface area contributed by atoms with Crippen LogP contribution in [0.3, 0.4) is 0 Å². The second-order valence-electron chi connectivity index (χ2n) is 3.15. The number of aliphatic hydroxyl groups excluding tert-OH is 1. The van der Waals surface area contributed by atoms with E-state index in [0.717, 1.165) is 4.47 Å². The first kappa shape index (κ1) is 11.2. The van der Waals surface area contributed by atoms with Gasteiger partial charge in [0.2, 0.25) is 0 Å². The van der Waals surface area contributed by atoms with Crippen LogP contribution >= 0.6 is 27.3 Å². The predicted octanol–water partition coefficient (Wildman–Crippen LogP) is 2.54. The standard InChI is InChI=1S/C9H14BrNOS/c1-6(12)4-11-7(2)9-3-8(10)5-13-9/h3,5-7,11-12H,4H2,1-2H3. The molecule has 2 nitrogen and oxygen atoms in total. The Balaban J connectivity index is 2.44. The largest absolute Gasteiger partial charge is 0.392 e. The molecule has 0 saturated carbocycles. The Morgan fingerprint density at radius 3 is 2.77 bits per heavy atom. The summed E-state index contributed by atoms with van der Waals surface area (Å²) in [6.07, 6.45) is -0.286. The summed E-state index contributed by atoms with van der Waals surface area (Å²) in [5, 5.41) is 14.4. The molecule has 1 aromatic rings. The van der Waals surface area contributed by atoms with Crippen molar-refractivity contribution in [2.45, 2.75) is 26.0 Å². The van der Waals surface area contributed by atoms with E-state index < -0.39 is 0 Å². The minimum absolute atomic E-state index is 0.286. The molecule has 13 heavy (non-hydrogen) atoms. The Bertz CT molecular complexity index is 262. The van der Waals surface area contributed by atoms with Gasteiger partial charge in [-0.2, -0.15) is 0 Å². The van der Waals surface area contributed by atoms with Crippen molar-refractivity contribution in [2.75, 3.05) is 6.54 Å². The Kier molecular flexibility index (Phi) is 4.38. The van der Waals surface area contributed by atoms with E-state index in [1.165, 1.54) is 4.88 Å². The molecule has 74 valence electrons. The Labute approximate surface area is 91.1 Å². The first-order valence-electron chi connectivity index (χ1n) is 4.25. The van der Waals surface area contributed by atoms with Crippen molar-refractivity contribution in [1.82, 2.24) is 5.32 Å². The molecule has 1 aromatic heterocycles. The number of aliphatic hydroxyl groups is 1. The monoisotopic (exact) mass is 263 g/mol. The molecule has 4 heteroatoms. The maximum absolute atomic E-state index is 9.09. The SMILES string of the molecule is CC(O)CNC(C)c1cc(Br)cs1. The van der Waals surface area contributed by atoms with Crippen molar-refractivity contribution in [3.8, 4) is 0 Å². The summed E-state index contributed by atoms with van der Waals surface area (Å²) in [7, 11) is 0. The van der Waals surface area contributed by atoms with Crippen LogP contribution in [0.25, 0.3) is 0 Å². The molecule has 0 spiro atoms. The van der Waals surface area contributed by atoms with Gasteiger partial charge in [0, 0.05) is 27.3 Å². The minimum atomic E-state index is -0.286.